The Morgan fingerprint density at radius 2 is 1.83 bits per heavy atom. The number of hydrogen-bond acceptors (Lipinski definition) is 3. The normalized spacial score (nSPS) is 19.9. The van der Waals surface area contributed by atoms with Crippen LogP contribution in [0.5, 0.6) is 0 Å². The fraction of sp³-hybridized carbons (Fsp3) is 0.250. The van der Waals surface area contributed by atoms with E-state index in [-0.39, 0.29) is 17.4 Å². The van der Waals surface area contributed by atoms with Gasteiger partial charge in [0.05, 0.1) is 34.7 Å². The molecule has 146 valence electrons. The van der Waals surface area contributed by atoms with Crippen LogP contribution in [0.2, 0.25) is 0 Å². The summed E-state index contributed by atoms with van der Waals surface area (Å²) in [5.74, 6) is 0.781. The molecular formula is C24H23FN4. The van der Waals surface area contributed by atoms with Crippen molar-refractivity contribution in [2.75, 3.05) is 5.32 Å². The molecule has 4 nitrogen and oxygen atoms in total. The maximum Gasteiger partial charge on any atom is 0.134 e. The first-order valence-electron chi connectivity index (χ1n) is 9.95. The molecule has 0 spiro atoms. The standard InChI is InChI=1S/C24H23FN4/c1-24(2)14-22(16-6-4-3-5-7-16)28-23-19(15-26-29(23)24)21-13-12-20(27-21)17-8-10-18(25)11-9-17/h3-12,15,22,28H,13-14H2,1-2H3. The molecule has 2 aliphatic rings. The number of anilines is 1. The number of hydrogen-bond donors (Lipinski definition) is 1. The van der Waals surface area contributed by atoms with Crippen LogP contribution < -0.4 is 5.32 Å². The van der Waals surface area contributed by atoms with Gasteiger partial charge in [-0.3, -0.25) is 4.99 Å². The molecule has 3 heterocycles. The number of halogens is 1. The molecule has 2 aliphatic heterocycles. The second-order valence-electron chi connectivity index (χ2n) is 8.30. The van der Waals surface area contributed by atoms with Crippen LogP contribution in [0.3, 0.4) is 0 Å². The van der Waals surface area contributed by atoms with Crippen molar-refractivity contribution in [2.45, 2.75) is 38.3 Å². The minimum absolute atomic E-state index is 0.105. The first-order chi connectivity index (χ1) is 14.0. The van der Waals surface area contributed by atoms with Gasteiger partial charge in [0, 0.05) is 6.42 Å². The molecule has 5 heteroatoms. The Morgan fingerprint density at radius 1 is 1.07 bits per heavy atom. The first kappa shape index (κ1) is 17.9. The molecule has 2 aromatic carbocycles. The minimum atomic E-state index is -0.236. The van der Waals surface area contributed by atoms with Crippen LogP contribution in [0.1, 0.15) is 49.4 Å². The van der Waals surface area contributed by atoms with Crippen molar-refractivity contribution >= 4 is 17.2 Å². The van der Waals surface area contributed by atoms with Gasteiger partial charge in [-0.1, -0.05) is 36.4 Å². The van der Waals surface area contributed by atoms with Crippen molar-refractivity contribution in [2.24, 2.45) is 4.99 Å². The Hall–Kier alpha value is -3.21. The molecular weight excluding hydrogens is 363 g/mol. The van der Waals surface area contributed by atoms with Crippen LogP contribution >= 0.6 is 0 Å². The summed E-state index contributed by atoms with van der Waals surface area (Å²) in [5, 5.41) is 8.40. The summed E-state index contributed by atoms with van der Waals surface area (Å²) in [6, 6.07) is 17.3. The van der Waals surface area contributed by atoms with Crippen LogP contribution in [-0.2, 0) is 5.54 Å². The van der Waals surface area contributed by atoms with Gasteiger partial charge in [-0.15, -0.1) is 0 Å². The summed E-state index contributed by atoms with van der Waals surface area (Å²) in [6.45, 7) is 4.45. The highest BCUT2D eigenvalue weighted by Gasteiger charge is 2.36. The third-order valence-corrected chi connectivity index (χ3v) is 5.75. The summed E-state index contributed by atoms with van der Waals surface area (Å²) in [5.41, 5.74) is 5.01. The van der Waals surface area contributed by atoms with Crippen LogP contribution in [0, 0.1) is 5.82 Å². The van der Waals surface area contributed by atoms with Crippen LogP contribution in [-0.4, -0.2) is 15.5 Å². The van der Waals surface area contributed by atoms with Crippen molar-refractivity contribution in [3.8, 4) is 0 Å². The smallest absolute Gasteiger partial charge is 0.134 e. The van der Waals surface area contributed by atoms with Crippen LogP contribution in [0.25, 0.3) is 5.70 Å². The zero-order valence-electron chi connectivity index (χ0n) is 16.6. The molecule has 1 N–H and O–H groups in total. The van der Waals surface area contributed by atoms with Gasteiger partial charge >= 0.3 is 0 Å². The number of allylic oxidation sites excluding steroid dienone is 1. The third kappa shape index (κ3) is 3.16. The van der Waals surface area contributed by atoms with Gasteiger partial charge in [0.2, 0.25) is 0 Å². The van der Waals surface area contributed by atoms with Gasteiger partial charge in [0.25, 0.3) is 0 Å². The van der Waals surface area contributed by atoms with Crippen molar-refractivity contribution < 1.29 is 4.39 Å². The molecule has 0 radical (unpaired) electrons. The highest BCUT2D eigenvalue weighted by Crippen LogP contribution is 2.41. The van der Waals surface area contributed by atoms with Crippen molar-refractivity contribution in [3.05, 3.63) is 89.4 Å². The number of nitrogens with one attached hydrogen (secondary N) is 1. The van der Waals surface area contributed by atoms with Gasteiger partial charge < -0.3 is 5.32 Å². The second-order valence-corrected chi connectivity index (χ2v) is 8.30. The molecule has 0 saturated heterocycles. The Kier molecular flexibility index (Phi) is 4.12. The van der Waals surface area contributed by atoms with E-state index in [1.807, 2.05) is 12.3 Å². The summed E-state index contributed by atoms with van der Waals surface area (Å²) in [4.78, 5) is 4.85. The highest BCUT2D eigenvalue weighted by atomic mass is 19.1. The number of fused-ring (bicyclic) bond motifs is 1. The lowest BCUT2D eigenvalue weighted by molar-refractivity contribution is 0.263. The maximum atomic E-state index is 13.2. The van der Waals surface area contributed by atoms with Gasteiger partial charge in [-0.05, 0) is 55.7 Å². The molecule has 0 aliphatic carbocycles. The van der Waals surface area contributed by atoms with Crippen LogP contribution in [0.15, 0.2) is 71.9 Å². The van der Waals surface area contributed by atoms with Crippen molar-refractivity contribution in [1.82, 2.24) is 9.78 Å². The minimum Gasteiger partial charge on any atom is -0.363 e. The lowest BCUT2D eigenvalue weighted by Crippen LogP contribution is -2.38. The summed E-state index contributed by atoms with van der Waals surface area (Å²) in [6.07, 6.45) is 5.70. The zero-order chi connectivity index (χ0) is 20.0. The van der Waals surface area contributed by atoms with E-state index < -0.39 is 0 Å². The molecule has 1 unspecified atom stereocenters. The van der Waals surface area contributed by atoms with E-state index in [1.54, 1.807) is 12.1 Å². The first-order valence-corrected chi connectivity index (χ1v) is 9.95. The lowest BCUT2D eigenvalue weighted by Gasteiger charge is -2.38. The van der Waals surface area contributed by atoms with E-state index in [9.17, 15) is 4.39 Å². The van der Waals surface area contributed by atoms with E-state index in [0.29, 0.717) is 0 Å². The summed E-state index contributed by atoms with van der Waals surface area (Å²) < 4.78 is 15.3. The molecule has 1 atom stereocenters. The molecule has 5 rings (SSSR count). The molecule has 0 amide bonds. The van der Waals surface area contributed by atoms with E-state index in [2.05, 4.69) is 54.2 Å². The Bertz CT molecular complexity index is 1110. The SMILES string of the molecule is CC1(C)CC(c2ccccc2)Nc2c(C3=NC(c4ccc(F)cc4)=CC3)cnn21. The van der Waals surface area contributed by atoms with Crippen molar-refractivity contribution in [3.63, 3.8) is 0 Å². The largest absolute Gasteiger partial charge is 0.363 e. The monoisotopic (exact) mass is 386 g/mol. The molecule has 0 fully saturated rings. The Balaban J connectivity index is 1.49. The lowest BCUT2D eigenvalue weighted by atomic mass is 9.89. The molecule has 0 bridgehead atoms. The molecule has 1 aromatic heterocycles. The molecule has 29 heavy (non-hydrogen) atoms. The summed E-state index contributed by atoms with van der Waals surface area (Å²) in [7, 11) is 0. The quantitative estimate of drug-likeness (QED) is 0.641. The second kappa shape index (κ2) is 6.69. The van der Waals surface area contributed by atoms with Crippen LogP contribution in [0.4, 0.5) is 10.2 Å². The van der Waals surface area contributed by atoms with Gasteiger partial charge in [0.1, 0.15) is 11.6 Å². The van der Waals surface area contributed by atoms with E-state index in [1.165, 1.54) is 17.7 Å². The Labute approximate surface area is 169 Å². The average Bonchev–Trinajstić information content (AvgIpc) is 3.36. The number of rotatable bonds is 3. The predicted molar refractivity (Wildman–Crippen MR) is 115 cm³/mol. The van der Waals surface area contributed by atoms with E-state index in [4.69, 9.17) is 10.1 Å². The van der Waals surface area contributed by atoms with Gasteiger partial charge in [-0.2, -0.15) is 5.10 Å². The van der Waals surface area contributed by atoms with Crippen molar-refractivity contribution in [1.29, 1.82) is 0 Å². The zero-order valence-corrected chi connectivity index (χ0v) is 16.6. The highest BCUT2D eigenvalue weighted by molar-refractivity contribution is 6.10. The fourth-order valence-electron chi connectivity index (χ4n) is 4.25. The molecule has 0 saturated carbocycles. The van der Waals surface area contributed by atoms with E-state index >= 15 is 0 Å². The summed E-state index contributed by atoms with van der Waals surface area (Å²) >= 11 is 0. The molecule has 3 aromatic rings. The van der Waals surface area contributed by atoms with Gasteiger partial charge in [0.15, 0.2) is 0 Å². The predicted octanol–water partition coefficient (Wildman–Crippen LogP) is 5.55. The number of aliphatic imine (C=N–C) groups is 1. The number of nitrogens with zero attached hydrogens (tertiary/aromatic N) is 3. The average molecular weight is 386 g/mol. The van der Waals surface area contributed by atoms with Gasteiger partial charge in [-0.25, -0.2) is 9.07 Å². The topological polar surface area (TPSA) is 42.2 Å². The third-order valence-electron chi connectivity index (χ3n) is 5.75. The number of aromatic nitrogens is 2. The van der Waals surface area contributed by atoms with E-state index in [0.717, 1.165) is 41.2 Å². The maximum absolute atomic E-state index is 13.2. The number of benzene rings is 2. The fourth-order valence-corrected chi connectivity index (χ4v) is 4.25. The Morgan fingerprint density at radius 3 is 2.59 bits per heavy atom.